The summed E-state index contributed by atoms with van der Waals surface area (Å²) in [5, 5.41) is 11.0. The smallest absolute Gasteiger partial charge is 0.305 e. The second-order valence-electron chi connectivity index (χ2n) is 3.88. The molecule has 0 unspecified atom stereocenters. The molecule has 1 rings (SSSR count). The van der Waals surface area contributed by atoms with Crippen LogP contribution in [0.5, 0.6) is 5.75 Å². The van der Waals surface area contributed by atoms with Gasteiger partial charge in [0.1, 0.15) is 5.75 Å². The molecule has 20 heavy (non-hydrogen) atoms. The number of hydrogen-bond acceptors (Lipinski definition) is 3. The fraction of sp³-hybridized carbons (Fsp3) is 0.286. The molecule has 1 aromatic carbocycles. The van der Waals surface area contributed by atoms with Crippen molar-refractivity contribution in [1.82, 2.24) is 5.32 Å². The first kappa shape index (κ1) is 16.2. The first-order chi connectivity index (χ1) is 9.52. The molecule has 0 saturated carbocycles. The van der Waals surface area contributed by atoms with Crippen molar-refractivity contribution in [3.05, 3.63) is 34.3 Å². The third-order valence-electron chi connectivity index (χ3n) is 2.32. The van der Waals surface area contributed by atoms with E-state index in [0.29, 0.717) is 12.4 Å². The molecule has 2 N–H and O–H groups in total. The first-order valence-electron chi connectivity index (χ1n) is 6.13. The van der Waals surface area contributed by atoms with Gasteiger partial charge in [-0.05, 0) is 31.2 Å². The lowest BCUT2D eigenvalue weighted by Gasteiger charge is -2.07. The zero-order chi connectivity index (χ0) is 15.0. The number of aliphatic carboxylic acids is 1. The van der Waals surface area contributed by atoms with Crippen LogP contribution in [0.2, 0.25) is 0 Å². The molecule has 5 nitrogen and oxygen atoms in total. The van der Waals surface area contributed by atoms with Gasteiger partial charge in [-0.25, -0.2) is 0 Å². The Hall–Kier alpha value is -1.82. The summed E-state index contributed by atoms with van der Waals surface area (Å²) >= 11 is 3.36. The summed E-state index contributed by atoms with van der Waals surface area (Å²) in [7, 11) is 0. The Bertz CT molecular complexity index is 514. The summed E-state index contributed by atoms with van der Waals surface area (Å²) in [6, 6.07) is 5.51. The number of rotatable bonds is 7. The molecule has 0 radical (unpaired) electrons. The lowest BCUT2D eigenvalue weighted by atomic mass is 10.2. The number of amides is 1. The third-order valence-corrected chi connectivity index (χ3v) is 2.82. The van der Waals surface area contributed by atoms with Crippen LogP contribution in [0.15, 0.2) is 28.7 Å². The number of halogens is 1. The number of carboxylic acids is 1. The van der Waals surface area contributed by atoms with E-state index >= 15 is 0 Å². The Balaban J connectivity index is 2.66. The van der Waals surface area contributed by atoms with Crippen LogP contribution in [-0.2, 0) is 9.59 Å². The van der Waals surface area contributed by atoms with Crippen LogP contribution in [0.3, 0.4) is 0 Å². The molecule has 108 valence electrons. The van der Waals surface area contributed by atoms with Gasteiger partial charge in [0.2, 0.25) is 5.91 Å². The molecule has 0 aliphatic rings. The van der Waals surface area contributed by atoms with Gasteiger partial charge in [-0.15, -0.1) is 0 Å². The van der Waals surface area contributed by atoms with E-state index in [1.54, 1.807) is 6.08 Å². The highest BCUT2D eigenvalue weighted by Crippen LogP contribution is 2.24. The maximum Gasteiger partial charge on any atom is 0.305 e. The maximum atomic E-state index is 11.5. The number of carbonyl (C=O) groups excluding carboxylic acids is 1. The van der Waals surface area contributed by atoms with Crippen LogP contribution < -0.4 is 10.1 Å². The highest BCUT2D eigenvalue weighted by atomic mass is 79.9. The minimum absolute atomic E-state index is 0.0966. The molecule has 0 fully saturated rings. The zero-order valence-corrected chi connectivity index (χ0v) is 12.6. The quantitative estimate of drug-likeness (QED) is 0.747. The molecule has 0 aliphatic carbocycles. The van der Waals surface area contributed by atoms with Crippen molar-refractivity contribution in [2.75, 3.05) is 13.2 Å². The van der Waals surface area contributed by atoms with E-state index in [-0.39, 0.29) is 18.9 Å². The summed E-state index contributed by atoms with van der Waals surface area (Å²) in [5.74, 6) is -0.598. The molecule has 0 heterocycles. The fourth-order valence-corrected chi connectivity index (χ4v) is 1.83. The minimum Gasteiger partial charge on any atom is -0.493 e. The van der Waals surface area contributed by atoms with Crippen LogP contribution in [0, 0.1) is 0 Å². The van der Waals surface area contributed by atoms with E-state index in [1.165, 1.54) is 6.08 Å². The molecule has 0 atom stereocenters. The molecule has 0 aromatic heterocycles. The second-order valence-corrected chi connectivity index (χ2v) is 4.80. The highest BCUT2D eigenvalue weighted by molar-refractivity contribution is 9.10. The van der Waals surface area contributed by atoms with Gasteiger partial charge in [-0.1, -0.05) is 15.9 Å². The standard InChI is InChI=1S/C14H16BrNO4/c1-2-20-12-5-4-11(15)9-10(12)3-6-13(17)16-8-7-14(18)19/h3-6,9H,2,7-8H2,1H3,(H,16,17)(H,18,19). The molecule has 1 amide bonds. The highest BCUT2D eigenvalue weighted by Gasteiger charge is 2.03. The average molecular weight is 342 g/mol. The van der Waals surface area contributed by atoms with E-state index in [2.05, 4.69) is 21.2 Å². The maximum absolute atomic E-state index is 11.5. The van der Waals surface area contributed by atoms with E-state index in [9.17, 15) is 9.59 Å². The van der Waals surface area contributed by atoms with E-state index in [1.807, 2.05) is 25.1 Å². The van der Waals surface area contributed by atoms with Gasteiger partial charge in [0.15, 0.2) is 0 Å². The average Bonchev–Trinajstić information content (AvgIpc) is 2.39. The topological polar surface area (TPSA) is 75.6 Å². The van der Waals surface area contributed by atoms with Crippen LogP contribution in [0.4, 0.5) is 0 Å². The zero-order valence-electron chi connectivity index (χ0n) is 11.1. The largest absolute Gasteiger partial charge is 0.493 e. The molecular weight excluding hydrogens is 326 g/mol. The third kappa shape index (κ3) is 5.88. The molecular formula is C14H16BrNO4. The molecule has 0 bridgehead atoms. The Labute approximate surface area is 125 Å². The summed E-state index contributed by atoms with van der Waals surface area (Å²) in [5.41, 5.74) is 0.773. The van der Waals surface area contributed by atoms with Gasteiger partial charge < -0.3 is 15.2 Å². The van der Waals surface area contributed by atoms with Gasteiger partial charge in [-0.3, -0.25) is 9.59 Å². The van der Waals surface area contributed by atoms with Gasteiger partial charge in [0.05, 0.1) is 13.0 Å². The SMILES string of the molecule is CCOc1ccc(Br)cc1C=CC(=O)NCCC(=O)O. The number of hydrogen-bond donors (Lipinski definition) is 2. The number of ether oxygens (including phenoxy) is 1. The lowest BCUT2D eigenvalue weighted by molar-refractivity contribution is -0.136. The van der Waals surface area contributed by atoms with Crippen molar-refractivity contribution in [3.8, 4) is 5.75 Å². The first-order valence-corrected chi connectivity index (χ1v) is 6.92. The second kappa shape index (κ2) is 8.37. The van der Waals surface area contributed by atoms with Crippen LogP contribution >= 0.6 is 15.9 Å². The summed E-state index contributed by atoms with van der Waals surface area (Å²) in [4.78, 5) is 21.8. The normalized spacial score (nSPS) is 10.5. The van der Waals surface area contributed by atoms with Gasteiger partial charge >= 0.3 is 5.97 Å². The number of carboxylic acid groups (broad SMARTS) is 1. The van der Waals surface area contributed by atoms with E-state index < -0.39 is 5.97 Å². The Morgan fingerprint density at radius 1 is 1.45 bits per heavy atom. The number of benzene rings is 1. The number of nitrogens with one attached hydrogen (secondary N) is 1. The molecule has 6 heteroatoms. The van der Waals surface area contributed by atoms with Crippen LogP contribution in [0.1, 0.15) is 18.9 Å². The van der Waals surface area contributed by atoms with E-state index in [4.69, 9.17) is 9.84 Å². The molecule has 0 aliphatic heterocycles. The Kier molecular flexibility index (Phi) is 6.79. The Morgan fingerprint density at radius 3 is 2.85 bits per heavy atom. The number of carbonyl (C=O) groups is 2. The minimum atomic E-state index is -0.945. The molecule has 1 aromatic rings. The lowest BCUT2D eigenvalue weighted by Crippen LogP contribution is -2.23. The molecule has 0 saturated heterocycles. The summed E-state index contributed by atoms with van der Waals surface area (Å²) in [6.07, 6.45) is 2.89. The fourth-order valence-electron chi connectivity index (χ4n) is 1.45. The van der Waals surface area contributed by atoms with Crippen molar-refractivity contribution < 1.29 is 19.4 Å². The van der Waals surface area contributed by atoms with Crippen molar-refractivity contribution >= 4 is 33.9 Å². The van der Waals surface area contributed by atoms with Crippen molar-refractivity contribution in [2.45, 2.75) is 13.3 Å². The predicted octanol–water partition coefficient (Wildman–Crippen LogP) is 2.45. The van der Waals surface area contributed by atoms with Gasteiger partial charge in [0, 0.05) is 22.7 Å². The van der Waals surface area contributed by atoms with Gasteiger partial charge in [0.25, 0.3) is 0 Å². The van der Waals surface area contributed by atoms with Crippen molar-refractivity contribution in [3.63, 3.8) is 0 Å². The monoisotopic (exact) mass is 341 g/mol. The summed E-state index contributed by atoms with van der Waals surface area (Å²) < 4.78 is 6.34. The molecule has 0 spiro atoms. The van der Waals surface area contributed by atoms with Crippen molar-refractivity contribution in [1.29, 1.82) is 0 Å². The van der Waals surface area contributed by atoms with Crippen LogP contribution in [0.25, 0.3) is 6.08 Å². The van der Waals surface area contributed by atoms with Crippen LogP contribution in [-0.4, -0.2) is 30.1 Å². The Morgan fingerprint density at radius 2 is 2.20 bits per heavy atom. The van der Waals surface area contributed by atoms with Gasteiger partial charge in [-0.2, -0.15) is 0 Å². The predicted molar refractivity (Wildman–Crippen MR) is 79.6 cm³/mol. The van der Waals surface area contributed by atoms with Crippen molar-refractivity contribution in [2.24, 2.45) is 0 Å². The van der Waals surface area contributed by atoms with E-state index in [0.717, 1.165) is 10.0 Å². The summed E-state index contributed by atoms with van der Waals surface area (Å²) in [6.45, 7) is 2.52.